The van der Waals surface area contributed by atoms with Crippen LogP contribution in [0.1, 0.15) is 38.7 Å². The minimum absolute atomic E-state index is 0.0192. The fraction of sp³-hybridized carbons (Fsp3) is 0.412. The molecular weight excluding hydrogens is 280 g/mol. The Morgan fingerprint density at radius 1 is 1.32 bits per heavy atom. The van der Waals surface area contributed by atoms with Gasteiger partial charge in [-0.05, 0) is 38.3 Å². The zero-order valence-corrected chi connectivity index (χ0v) is 13.3. The standard InChI is InChI=1S/C17H22N2O3/c1-4-22-17(21)15(12(2)3)18-19-11-10-14(16(19)20)13-8-6-5-7-9-13/h5-9,14,18H,4,10-11H2,1-3H3. The van der Waals surface area contributed by atoms with Crippen LogP contribution in [0.2, 0.25) is 0 Å². The quantitative estimate of drug-likeness (QED) is 0.670. The molecule has 1 heterocycles. The molecule has 1 saturated heterocycles. The molecule has 2 rings (SSSR count). The smallest absolute Gasteiger partial charge is 0.356 e. The summed E-state index contributed by atoms with van der Waals surface area (Å²) < 4.78 is 5.03. The van der Waals surface area contributed by atoms with Crippen LogP contribution in [0.25, 0.3) is 0 Å². The van der Waals surface area contributed by atoms with Gasteiger partial charge in [0.1, 0.15) is 5.70 Å². The second-order valence-corrected chi connectivity index (χ2v) is 5.45. The number of allylic oxidation sites excluding steroid dienone is 1. The van der Waals surface area contributed by atoms with Crippen LogP contribution < -0.4 is 5.43 Å². The lowest BCUT2D eigenvalue weighted by Crippen LogP contribution is -2.42. The number of nitrogens with one attached hydrogen (secondary N) is 1. The fourth-order valence-corrected chi connectivity index (χ4v) is 2.49. The van der Waals surface area contributed by atoms with E-state index in [1.807, 2.05) is 44.2 Å². The number of amides is 1. The van der Waals surface area contributed by atoms with Crippen LogP contribution in [-0.4, -0.2) is 30.0 Å². The largest absolute Gasteiger partial charge is 0.461 e. The van der Waals surface area contributed by atoms with Crippen LogP contribution in [0, 0.1) is 0 Å². The third-order valence-electron chi connectivity index (χ3n) is 3.63. The van der Waals surface area contributed by atoms with Crippen LogP contribution in [0.15, 0.2) is 41.6 Å². The molecule has 1 aliphatic rings. The average Bonchev–Trinajstić information content (AvgIpc) is 2.86. The molecule has 1 amide bonds. The Morgan fingerprint density at radius 2 is 2.00 bits per heavy atom. The Labute approximate surface area is 130 Å². The van der Waals surface area contributed by atoms with Crippen molar-refractivity contribution in [2.24, 2.45) is 0 Å². The number of hydrogen-bond donors (Lipinski definition) is 1. The van der Waals surface area contributed by atoms with E-state index in [1.54, 1.807) is 6.92 Å². The van der Waals surface area contributed by atoms with Crippen molar-refractivity contribution in [2.75, 3.05) is 13.2 Å². The highest BCUT2D eigenvalue weighted by Crippen LogP contribution is 2.27. The number of carbonyl (C=O) groups excluding carboxylic acids is 2. The van der Waals surface area contributed by atoms with Gasteiger partial charge < -0.3 is 4.74 Å². The Balaban J connectivity index is 2.10. The van der Waals surface area contributed by atoms with Gasteiger partial charge in [-0.25, -0.2) is 4.79 Å². The molecule has 5 heteroatoms. The lowest BCUT2D eigenvalue weighted by atomic mass is 9.98. The minimum Gasteiger partial charge on any atom is -0.461 e. The van der Waals surface area contributed by atoms with E-state index >= 15 is 0 Å². The van der Waals surface area contributed by atoms with Crippen LogP contribution in [0.4, 0.5) is 0 Å². The third kappa shape index (κ3) is 3.47. The van der Waals surface area contributed by atoms with Crippen molar-refractivity contribution in [3.63, 3.8) is 0 Å². The van der Waals surface area contributed by atoms with E-state index in [0.717, 1.165) is 17.6 Å². The van der Waals surface area contributed by atoms with Gasteiger partial charge in [-0.3, -0.25) is 15.2 Å². The second kappa shape index (κ2) is 7.11. The van der Waals surface area contributed by atoms with Gasteiger partial charge in [-0.15, -0.1) is 0 Å². The van der Waals surface area contributed by atoms with Gasteiger partial charge in [0, 0.05) is 6.54 Å². The summed E-state index contributed by atoms with van der Waals surface area (Å²) in [6, 6.07) is 9.71. The number of rotatable bonds is 5. The molecule has 1 aliphatic heterocycles. The molecule has 0 spiro atoms. The van der Waals surface area contributed by atoms with Crippen LogP contribution in [0.5, 0.6) is 0 Å². The highest BCUT2D eigenvalue weighted by atomic mass is 16.5. The monoisotopic (exact) mass is 302 g/mol. The fourth-order valence-electron chi connectivity index (χ4n) is 2.49. The van der Waals surface area contributed by atoms with E-state index in [1.165, 1.54) is 5.01 Å². The highest BCUT2D eigenvalue weighted by Gasteiger charge is 2.34. The van der Waals surface area contributed by atoms with E-state index in [2.05, 4.69) is 5.43 Å². The summed E-state index contributed by atoms with van der Waals surface area (Å²) in [6.07, 6.45) is 0.731. The summed E-state index contributed by atoms with van der Waals surface area (Å²) in [4.78, 5) is 24.5. The molecule has 22 heavy (non-hydrogen) atoms. The van der Waals surface area contributed by atoms with Crippen molar-refractivity contribution in [3.05, 3.63) is 47.2 Å². The molecule has 1 N–H and O–H groups in total. The SMILES string of the molecule is CCOC(=O)C(NN1CCC(c2ccccc2)C1=O)=C(C)C. The van der Waals surface area contributed by atoms with Crippen molar-refractivity contribution in [1.82, 2.24) is 10.4 Å². The van der Waals surface area contributed by atoms with E-state index in [-0.39, 0.29) is 11.8 Å². The summed E-state index contributed by atoms with van der Waals surface area (Å²) in [5, 5.41) is 1.51. The third-order valence-corrected chi connectivity index (χ3v) is 3.63. The lowest BCUT2D eigenvalue weighted by molar-refractivity contribution is -0.140. The van der Waals surface area contributed by atoms with E-state index in [9.17, 15) is 9.59 Å². The summed E-state index contributed by atoms with van der Waals surface area (Å²) in [7, 11) is 0. The molecular formula is C17H22N2O3. The topological polar surface area (TPSA) is 58.6 Å². The normalized spacial score (nSPS) is 17.3. The first-order chi connectivity index (χ1) is 10.5. The Morgan fingerprint density at radius 3 is 2.59 bits per heavy atom. The Hall–Kier alpha value is -2.30. The maximum atomic E-state index is 12.5. The number of carbonyl (C=O) groups is 2. The van der Waals surface area contributed by atoms with E-state index < -0.39 is 5.97 Å². The molecule has 0 saturated carbocycles. The zero-order chi connectivity index (χ0) is 16.1. The van der Waals surface area contributed by atoms with Gasteiger partial charge >= 0.3 is 5.97 Å². The lowest BCUT2D eigenvalue weighted by Gasteiger charge is -2.21. The predicted molar refractivity (Wildman–Crippen MR) is 83.7 cm³/mol. The minimum atomic E-state index is -0.432. The molecule has 0 aromatic heterocycles. The van der Waals surface area contributed by atoms with Gasteiger partial charge in [0.2, 0.25) is 5.91 Å². The Kier molecular flexibility index (Phi) is 5.20. The predicted octanol–water partition coefficient (Wildman–Crippen LogP) is 2.36. The first-order valence-electron chi connectivity index (χ1n) is 7.52. The summed E-state index contributed by atoms with van der Waals surface area (Å²) in [5.74, 6) is -0.609. The number of hydrazine groups is 1. The summed E-state index contributed by atoms with van der Waals surface area (Å²) in [6.45, 7) is 6.25. The molecule has 118 valence electrons. The highest BCUT2D eigenvalue weighted by molar-refractivity contribution is 5.90. The zero-order valence-electron chi connectivity index (χ0n) is 13.3. The molecule has 0 bridgehead atoms. The van der Waals surface area contributed by atoms with E-state index in [0.29, 0.717) is 18.8 Å². The van der Waals surface area contributed by atoms with Crippen molar-refractivity contribution < 1.29 is 14.3 Å². The van der Waals surface area contributed by atoms with Crippen molar-refractivity contribution in [2.45, 2.75) is 33.1 Å². The molecule has 5 nitrogen and oxygen atoms in total. The van der Waals surface area contributed by atoms with Gasteiger partial charge in [-0.1, -0.05) is 30.3 Å². The first-order valence-corrected chi connectivity index (χ1v) is 7.52. The number of ether oxygens (including phenoxy) is 1. The summed E-state index contributed by atoms with van der Waals surface area (Å²) >= 11 is 0. The van der Waals surface area contributed by atoms with Gasteiger partial charge in [0.25, 0.3) is 0 Å². The van der Waals surface area contributed by atoms with Crippen LogP contribution in [0.3, 0.4) is 0 Å². The average molecular weight is 302 g/mol. The number of esters is 1. The molecule has 1 atom stereocenters. The van der Waals surface area contributed by atoms with Crippen LogP contribution in [-0.2, 0) is 14.3 Å². The van der Waals surface area contributed by atoms with Crippen molar-refractivity contribution in [3.8, 4) is 0 Å². The Bertz CT molecular complexity index is 577. The van der Waals surface area contributed by atoms with Gasteiger partial charge in [0.05, 0.1) is 12.5 Å². The maximum Gasteiger partial charge on any atom is 0.356 e. The molecule has 1 fully saturated rings. The van der Waals surface area contributed by atoms with Gasteiger partial charge in [0.15, 0.2) is 0 Å². The number of hydrogen-bond acceptors (Lipinski definition) is 4. The molecule has 1 aromatic rings. The second-order valence-electron chi connectivity index (χ2n) is 5.45. The van der Waals surface area contributed by atoms with Crippen molar-refractivity contribution in [1.29, 1.82) is 0 Å². The first kappa shape index (κ1) is 16.1. The maximum absolute atomic E-state index is 12.5. The van der Waals surface area contributed by atoms with Gasteiger partial charge in [-0.2, -0.15) is 0 Å². The molecule has 0 radical (unpaired) electrons. The number of nitrogens with zero attached hydrogens (tertiary/aromatic N) is 1. The van der Waals surface area contributed by atoms with Crippen LogP contribution >= 0.6 is 0 Å². The number of benzene rings is 1. The molecule has 1 unspecified atom stereocenters. The van der Waals surface area contributed by atoms with Crippen molar-refractivity contribution >= 4 is 11.9 Å². The summed E-state index contributed by atoms with van der Waals surface area (Å²) in [5.41, 5.74) is 5.07. The van der Waals surface area contributed by atoms with E-state index in [4.69, 9.17) is 4.74 Å². The molecule has 1 aromatic carbocycles. The molecule has 0 aliphatic carbocycles.